The molecule has 0 saturated heterocycles. The molecule has 0 bridgehead atoms. The molecule has 0 aromatic carbocycles. The normalized spacial score (nSPS) is 7.64. The summed E-state index contributed by atoms with van der Waals surface area (Å²) in [5.41, 5.74) is 0. The Morgan fingerprint density at radius 1 is 1.55 bits per heavy atom. The van der Waals surface area contributed by atoms with Gasteiger partial charge in [0, 0.05) is 0 Å². The molecule has 11 heavy (non-hydrogen) atoms. The van der Waals surface area contributed by atoms with Crippen molar-refractivity contribution in [2.45, 2.75) is 0 Å². The van der Waals surface area contributed by atoms with Gasteiger partial charge in [0.2, 0.25) is 0 Å². The maximum absolute atomic E-state index is 9.68. The van der Waals surface area contributed by atoms with Crippen LogP contribution in [0.5, 0.6) is 0 Å². The van der Waals surface area contributed by atoms with Gasteiger partial charge >= 0.3 is 5.87 Å². The summed E-state index contributed by atoms with van der Waals surface area (Å²) in [7, 11) is 0. The van der Waals surface area contributed by atoms with Crippen LogP contribution in [0.3, 0.4) is 0 Å². The van der Waals surface area contributed by atoms with Gasteiger partial charge in [-0.1, -0.05) is 0 Å². The summed E-state index contributed by atoms with van der Waals surface area (Å²) < 4.78 is 1.12. The molecule has 0 atom stereocenters. The van der Waals surface area contributed by atoms with Gasteiger partial charge in [-0.15, -0.1) is 11.3 Å². The third kappa shape index (κ3) is 1.90. The second-order valence-electron chi connectivity index (χ2n) is 1.57. The molecule has 0 aliphatic heterocycles. The molecular formula is C6H2N2O2S. The second-order valence-corrected chi connectivity index (χ2v) is 2.65. The molecule has 0 saturated carbocycles. The third-order valence-corrected chi connectivity index (χ3v) is 1.81. The van der Waals surface area contributed by atoms with Gasteiger partial charge in [0.05, 0.1) is 4.53 Å². The van der Waals surface area contributed by atoms with E-state index in [0.717, 1.165) is 0 Å². The van der Waals surface area contributed by atoms with Gasteiger partial charge in [0.25, 0.3) is 4.85 Å². The molecular weight excluding hydrogens is 164 g/mol. The van der Waals surface area contributed by atoms with Crippen LogP contribution >= 0.6 is 11.3 Å². The zero-order chi connectivity index (χ0) is 8.10. The van der Waals surface area contributed by atoms with E-state index in [9.17, 15) is 10.1 Å². The van der Waals surface area contributed by atoms with Crippen molar-refractivity contribution in [2.24, 2.45) is 5.16 Å². The van der Waals surface area contributed by atoms with Gasteiger partial charge in [-0.3, -0.25) is 5.16 Å². The van der Waals surface area contributed by atoms with Crippen molar-refractivity contribution < 1.29 is 0 Å². The van der Waals surface area contributed by atoms with E-state index in [2.05, 4.69) is 21.7 Å². The third-order valence-electron chi connectivity index (χ3n) is 0.918. The minimum atomic E-state index is 0.561. The Hall–Kier alpha value is -1.63. The summed E-state index contributed by atoms with van der Waals surface area (Å²) in [6.45, 7) is 0. The Labute approximate surface area is 65.1 Å². The minimum absolute atomic E-state index is 0.561. The van der Waals surface area contributed by atoms with E-state index in [1.807, 2.05) is 0 Å². The van der Waals surface area contributed by atoms with Crippen LogP contribution in [-0.2, 0) is 0 Å². The lowest BCUT2D eigenvalue weighted by atomic mass is 10.6. The molecule has 0 amide bonds. The van der Waals surface area contributed by atoms with Crippen molar-refractivity contribution >= 4 is 23.1 Å². The van der Waals surface area contributed by atoms with E-state index < -0.39 is 0 Å². The number of nitrogens with zero attached hydrogens (tertiary/aromatic N) is 2. The molecule has 54 valence electrons. The maximum Gasteiger partial charge on any atom is 0.403 e. The molecule has 0 aliphatic rings. The molecule has 1 rings (SSSR count). The van der Waals surface area contributed by atoms with Crippen LogP contribution in [0, 0.1) is 10.1 Å². The molecule has 0 radical (unpaired) electrons. The van der Waals surface area contributed by atoms with Gasteiger partial charge in [-0.05, 0) is 18.0 Å². The summed E-state index contributed by atoms with van der Waals surface area (Å²) in [4.78, 5) is 12.1. The Morgan fingerprint density at radius 3 is 2.91 bits per heavy atom. The Kier molecular flexibility index (Phi) is 2.39. The van der Waals surface area contributed by atoms with Crippen LogP contribution in [0.4, 0.5) is 0 Å². The van der Waals surface area contributed by atoms with Crippen LogP contribution in [0.1, 0.15) is 0 Å². The fourth-order valence-corrected chi connectivity index (χ4v) is 1.22. The summed E-state index contributed by atoms with van der Waals surface area (Å²) in [5, 5.41) is 12.1. The molecule has 1 aromatic heterocycles. The lowest BCUT2D eigenvalue weighted by Gasteiger charge is -1.74. The molecule has 0 N–H and O–H groups in total. The highest BCUT2D eigenvalue weighted by molar-refractivity contribution is 7.08. The van der Waals surface area contributed by atoms with Gasteiger partial charge in [0.1, 0.15) is 0 Å². The number of thiophene rings is 1. The van der Waals surface area contributed by atoms with Crippen molar-refractivity contribution in [1.29, 1.82) is 0 Å². The summed E-state index contributed by atoms with van der Waals surface area (Å²) in [5.74, 6) is 4.38. The fraction of sp³-hybridized carbons (Fsp3) is 0. The topological polar surface area (TPSA) is 66.6 Å². The first-order chi connectivity index (χ1) is 5.36. The van der Waals surface area contributed by atoms with E-state index in [0.29, 0.717) is 9.06 Å². The van der Waals surface area contributed by atoms with Crippen LogP contribution in [0.15, 0.2) is 17.3 Å². The van der Waals surface area contributed by atoms with E-state index in [4.69, 9.17) is 0 Å². The first-order valence-corrected chi connectivity index (χ1v) is 3.45. The van der Waals surface area contributed by atoms with Crippen molar-refractivity contribution in [1.82, 2.24) is 4.85 Å². The average molecular weight is 166 g/mol. The van der Waals surface area contributed by atoms with E-state index in [1.165, 1.54) is 11.3 Å². The highest BCUT2D eigenvalue weighted by Gasteiger charge is 1.85. The lowest BCUT2D eigenvalue weighted by molar-refractivity contribution is 1.66. The average Bonchev–Trinajstić information content (AvgIpc) is 2.38. The van der Waals surface area contributed by atoms with Crippen molar-refractivity contribution in [3.8, 4) is 0 Å². The molecule has 0 fully saturated rings. The molecule has 1 aromatic rings. The summed E-state index contributed by atoms with van der Waals surface area (Å²) >= 11 is 1.17. The van der Waals surface area contributed by atoms with Crippen LogP contribution in [0.25, 0.3) is 0 Å². The highest BCUT2D eigenvalue weighted by Crippen LogP contribution is 1.69. The van der Waals surface area contributed by atoms with Crippen molar-refractivity contribution in [2.75, 3.05) is 0 Å². The monoisotopic (exact) mass is 166 g/mol. The molecule has 0 unspecified atom stereocenters. The first kappa shape index (κ1) is 7.48. The highest BCUT2D eigenvalue weighted by atomic mass is 32.1. The van der Waals surface area contributed by atoms with Crippen LogP contribution in [0.2, 0.25) is 0 Å². The fourth-order valence-electron chi connectivity index (χ4n) is 0.548. The SMILES string of the molecule is O=[N+]=C=c1ccc(=C=N[O-])s1. The number of hydrogen-bond acceptors (Lipinski definition) is 4. The van der Waals surface area contributed by atoms with Gasteiger partial charge in [0.15, 0.2) is 9.44 Å². The predicted octanol–water partition coefficient (Wildman–Crippen LogP) is -1.24. The van der Waals surface area contributed by atoms with Gasteiger partial charge < -0.3 is 5.21 Å². The van der Waals surface area contributed by atoms with E-state index in [-0.39, 0.29) is 0 Å². The first-order valence-electron chi connectivity index (χ1n) is 2.63. The van der Waals surface area contributed by atoms with E-state index >= 15 is 0 Å². The van der Waals surface area contributed by atoms with Gasteiger partial charge in [-0.2, -0.15) is 0 Å². The zero-order valence-electron chi connectivity index (χ0n) is 5.27. The second kappa shape index (κ2) is 3.52. The quantitative estimate of drug-likeness (QED) is 0.275. The molecule has 0 spiro atoms. The molecule has 1 heterocycles. The summed E-state index contributed by atoms with van der Waals surface area (Å²) in [6.07, 6.45) is 0. The molecule has 4 nitrogen and oxygen atoms in total. The Bertz CT molecular complexity index is 445. The maximum atomic E-state index is 9.68. The van der Waals surface area contributed by atoms with Crippen molar-refractivity contribution in [3.63, 3.8) is 0 Å². The zero-order valence-corrected chi connectivity index (χ0v) is 6.09. The largest absolute Gasteiger partial charge is 0.784 e. The lowest BCUT2D eigenvalue weighted by Crippen LogP contribution is -1.95. The molecule has 0 aliphatic carbocycles. The smallest absolute Gasteiger partial charge is 0.403 e. The standard InChI is InChI=1S/C6H2N2O2S/c9-7-3-5-1-2-6(11-5)4-8-10/h1-2H. The number of nitroso groups, excluding NO2 is 1. The number of hydrogen-bond donors (Lipinski definition) is 0. The Balaban J connectivity index is 3.56. The van der Waals surface area contributed by atoms with Crippen molar-refractivity contribution in [3.05, 3.63) is 31.3 Å². The van der Waals surface area contributed by atoms with Crippen LogP contribution < -0.4 is 13.9 Å². The van der Waals surface area contributed by atoms with Gasteiger partial charge in [-0.25, -0.2) is 0 Å². The molecule has 5 heteroatoms. The predicted molar refractivity (Wildman–Crippen MR) is 43.1 cm³/mol. The van der Waals surface area contributed by atoms with Crippen LogP contribution in [-0.4, -0.2) is 11.7 Å². The minimum Gasteiger partial charge on any atom is -0.784 e. The number of rotatable bonds is 0. The van der Waals surface area contributed by atoms with E-state index in [1.54, 1.807) is 12.1 Å². The Morgan fingerprint density at radius 2 is 2.27 bits per heavy atom. The summed E-state index contributed by atoms with van der Waals surface area (Å²) in [6, 6.07) is 3.22.